The Balaban J connectivity index is 1.75. The van der Waals surface area contributed by atoms with Gasteiger partial charge in [-0.1, -0.05) is 0 Å². The number of ether oxygens (including phenoxy) is 1. The van der Waals surface area contributed by atoms with Crippen molar-refractivity contribution in [2.45, 2.75) is 44.8 Å². The van der Waals surface area contributed by atoms with Gasteiger partial charge in [-0.3, -0.25) is 0 Å². The summed E-state index contributed by atoms with van der Waals surface area (Å²) in [6, 6.07) is 0.570. The number of likely N-dealkylation sites (tertiary alicyclic amines) is 1. The van der Waals surface area contributed by atoms with E-state index < -0.39 is 5.97 Å². The fraction of sp³-hybridized carbons (Fsp3) is 0.846. The molecule has 0 atom stereocenters. The van der Waals surface area contributed by atoms with Crippen molar-refractivity contribution in [3.8, 4) is 0 Å². The maximum Gasteiger partial charge on any atom is 0.329 e. The first-order valence-corrected chi connectivity index (χ1v) is 7.00. The average molecular weight is 270 g/mol. The minimum atomic E-state index is -0.940. The van der Waals surface area contributed by atoms with Crippen molar-refractivity contribution < 1.29 is 19.4 Å². The Labute approximate surface area is 113 Å². The summed E-state index contributed by atoms with van der Waals surface area (Å²) in [5, 5.41) is 8.56. The molecule has 0 spiro atoms. The number of piperidine rings is 1. The number of carboxylic acids is 1. The molecule has 2 aliphatic rings. The van der Waals surface area contributed by atoms with Gasteiger partial charge in [0.25, 0.3) is 0 Å². The van der Waals surface area contributed by atoms with Gasteiger partial charge in [0.2, 0.25) is 0 Å². The number of amides is 2. The zero-order valence-corrected chi connectivity index (χ0v) is 11.4. The van der Waals surface area contributed by atoms with Crippen LogP contribution in [-0.4, -0.2) is 65.3 Å². The van der Waals surface area contributed by atoms with E-state index in [4.69, 9.17) is 9.84 Å². The summed E-state index contributed by atoms with van der Waals surface area (Å²) < 4.78 is 5.27. The number of urea groups is 1. The third-order valence-corrected chi connectivity index (χ3v) is 3.73. The molecule has 0 unspecified atom stereocenters. The minimum Gasteiger partial charge on any atom is -0.480 e. The quantitative estimate of drug-likeness (QED) is 0.813. The number of carboxylic acid groups (broad SMARTS) is 1. The van der Waals surface area contributed by atoms with E-state index >= 15 is 0 Å². The van der Waals surface area contributed by atoms with Crippen LogP contribution in [0.5, 0.6) is 0 Å². The van der Waals surface area contributed by atoms with Gasteiger partial charge in [0.15, 0.2) is 0 Å². The second kappa shape index (κ2) is 6.23. The monoisotopic (exact) mass is 270 g/mol. The molecule has 19 heavy (non-hydrogen) atoms. The Morgan fingerprint density at radius 3 is 2.37 bits per heavy atom. The summed E-state index contributed by atoms with van der Waals surface area (Å²) in [4.78, 5) is 26.5. The van der Waals surface area contributed by atoms with Gasteiger partial charge in [-0.15, -0.1) is 0 Å². The molecule has 108 valence electrons. The number of hydrogen-bond donors (Lipinski definition) is 1. The molecule has 1 aliphatic carbocycles. The molecule has 6 nitrogen and oxygen atoms in total. The van der Waals surface area contributed by atoms with Crippen LogP contribution < -0.4 is 0 Å². The summed E-state index contributed by atoms with van der Waals surface area (Å²) in [6.07, 6.45) is 3.66. The summed E-state index contributed by atoms with van der Waals surface area (Å²) in [5.74, 6) is -0.940. The van der Waals surface area contributed by atoms with Gasteiger partial charge in [0.1, 0.15) is 6.61 Å². The first-order chi connectivity index (χ1) is 9.11. The number of nitrogens with zero attached hydrogens (tertiary/aromatic N) is 2. The van der Waals surface area contributed by atoms with Gasteiger partial charge in [-0.25, -0.2) is 9.59 Å². The molecule has 1 saturated heterocycles. The molecule has 2 rings (SSSR count). The zero-order valence-electron chi connectivity index (χ0n) is 11.4. The lowest BCUT2D eigenvalue weighted by Crippen LogP contribution is -2.48. The van der Waals surface area contributed by atoms with Crippen LogP contribution in [-0.2, 0) is 9.53 Å². The second-order valence-corrected chi connectivity index (χ2v) is 5.19. The van der Waals surface area contributed by atoms with E-state index in [1.165, 1.54) is 0 Å². The smallest absolute Gasteiger partial charge is 0.329 e. The van der Waals surface area contributed by atoms with E-state index in [9.17, 15) is 9.59 Å². The van der Waals surface area contributed by atoms with Crippen molar-refractivity contribution in [2.75, 3.05) is 26.2 Å². The maximum absolute atomic E-state index is 12.3. The van der Waals surface area contributed by atoms with Crippen LogP contribution in [0.25, 0.3) is 0 Å². The van der Waals surface area contributed by atoms with Gasteiger partial charge in [-0.2, -0.15) is 0 Å². The van der Waals surface area contributed by atoms with Crippen molar-refractivity contribution >= 4 is 12.0 Å². The highest BCUT2D eigenvalue weighted by molar-refractivity contribution is 5.75. The standard InChI is InChI=1S/C13H22N2O4/c1-2-15(10-3-4-10)13(18)14-7-5-11(6-8-14)19-9-12(16)17/h10-11H,2-9H2,1H3,(H,16,17). The number of carbonyl (C=O) groups excluding carboxylic acids is 1. The van der Waals surface area contributed by atoms with Crippen LogP contribution in [0.15, 0.2) is 0 Å². The van der Waals surface area contributed by atoms with Gasteiger partial charge < -0.3 is 19.6 Å². The summed E-state index contributed by atoms with van der Waals surface area (Å²) in [6.45, 7) is 3.85. The molecule has 0 bridgehead atoms. The lowest BCUT2D eigenvalue weighted by atomic mass is 10.1. The first kappa shape index (κ1) is 14.1. The minimum absolute atomic E-state index is 0.0313. The summed E-state index contributed by atoms with van der Waals surface area (Å²) >= 11 is 0. The average Bonchev–Trinajstić information content (AvgIpc) is 3.22. The van der Waals surface area contributed by atoms with Crippen LogP contribution in [0, 0.1) is 0 Å². The maximum atomic E-state index is 12.3. The van der Waals surface area contributed by atoms with E-state index in [0.717, 1.165) is 32.2 Å². The number of carbonyl (C=O) groups is 2. The van der Waals surface area contributed by atoms with E-state index in [0.29, 0.717) is 19.1 Å². The van der Waals surface area contributed by atoms with Crippen LogP contribution in [0.1, 0.15) is 32.6 Å². The predicted octanol–water partition coefficient (Wildman–Crippen LogP) is 1.16. The third-order valence-electron chi connectivity index (χ3n) is 3.73. The lowest BCUT2D eigenvalue weighted by molar-refractivity contribution is -0.145. The topological polar surface area (TPSA) is 70.1 Å². The van der Waals surface area contributed by atoms with Crippen LogP contribution >= 0.6 is 0 Å². The van der Waals surface area contributed by atoms with E-state index in [1.54, 1.807) is 0 Å². The molecule has 1 heterocycles. The molecule has 0 aromatic heterocycles. The molecule has 1 aliphatic heterocycles. The fourth-order valence-corrected chi connectivity index (χ4v) is 2.52. The lowest BCUT2D eigenvalue weighted by Gasteiger charge is -2.35. The van der Waals surface area contributed by atoms with Crippen LogP contribution in [0.2, 0.25) is 0 Å². The molecular weight excluding hydrogens is 248 g/mol. The number of aliphatic carboxylic acids is 1. The molecule has 2 amide bonds. The van der Waals surface area contributed by atoms with Gasteiger partial charge >= 0.3 is 12.0 Å². The molecule has 0 aromatic carbocycles. The Hall–Kier alpha value is -1.30. The predicted molar refractivity (Wildman–Crippen MR) is 69.0 cm³/mol. The summed E-state index contributed by atoms with van der Waals surface area (Å²) in [5.41, 5.74) is 0. The summed E-state index contributed by atoms with van der Waals surface area (Å²) in [7, 11) is 0. The Kier molecular flexibility index (Phi) is 4.63. The van der Waals surface area contributed by atoms with Crippen molar-refractivity contribution in [3.05, 3.63) is 0 Å². The van der Waals surface area contributed by atoms with Gasteiger partial charge in [0.05, 0.1) is 6.10 Å². The van der Waals surface area contributed by atoms with Crippen molar-refractivity contribution in [1.82, 2.24) is 9.80 Å². The molecule has 6 heteroatoms. The Morgan fingerprint density at radius 1 is 1.26 bits per heavy atom. The SMILES string of the molecule is CCN(C(=O)N1CCC(OCC(=O)O)CC1)C1CC1. The number of hydrogen-bond acceptors (Lipinski definition) is 3. The van der Waals surface area contributed by atoms with Crippen LogP contribution in [0.4, 0.5) is 4.79 Å². The highest BCUT2D eigenvalue weighted by atomic mass is 16.5. The normalized spacial score (nSPS) is 20.4. The first-order valence-electron chi connectivity index (χ1n) is 7.00. The number of rotatable bonds is 5. The molecular formula is C13H22N2O4. The van der Waals surface area contributed by atoms with E-state index in [2.05, 4.69) is 0 Å². The second-order valence-electron chi connectivity index (χ2n) is 5.19. The third kappa shape index (κ3) is 3.83. The van der Waals surface area contributed by atoms with Gasteiger partial charge in [-0.05, 0) is 32.6 Å². The van der Waals surface area contributed by atoms with Crippen molar-refractivity contribution in [1.29, 1.82) is 0 Å². The molecule has 1 N–H and O–H groups in total. The van der Waals surface area contributed by atoms with Crippen LogP contribution in [0.3, 0.4) is 0 Å². The molecule has 1 saturated carbocycles. The van der Waals surface area contributed by atoms with Crippen molar-refractivity contribution in [3.63, 3.8) is 0 Å². The van der Waals surface area contributed by atoms with Gasteiger partial charge in [0, 0.05) is 25.7 Å². The van der Waals surface area contributed by atoms with E-state index in [-0.39, 0.29) is 18.7 Å². The Bertz CT molecular complexity index is 336. The highest BCUT2D eigenvalue weighted by Gasteiger charge is 2.35. The molecule has 0 aromatic rings. The largest absolute Gasteiger partial charge is 0.480 e. The molecule has 2 fully saturated rings. The molecule has 0 radical (unpaired) electrons. The highest BCUT2D eigenvalue weighted by Crippen LogP contribution is 2.28. The zero-order chi connectivity index (χ0) is 13.8. The Morgan fingerprint density at radius 2 is 1.89 bits per heavy atom. The van der Waals surface area contributed by atoms with E-state index in [1.807, 2.05) is 16.7 Å². The fourth-order valence-electron chi connectivity index (χ4n) is 2.52. The van der Waals surface area contributed by atoms with Crippen molar-refractivity contribution in [2.24, 2.45) is 0 Å².